The fraction of sp³-hybridized carbons (Fsp3) is 0.200. The molecule has 0 aliphatic carbocycles. The number of aliphatic imine (C=N–C) groups is 1. The van der Waals surface area contributed by atoms with Gasteiger partial charge < -0.3 is 0 Å². The predicted octanol–water partition coefficient (Wildman–Crippen LogP) is 2.38. The molecule has 0 fully saturated rings. The topological polar surface area (TPSA) is 12.4 Å². The predicted molar refractivity (Wildman–Crippen MR) is 48.8 cm³/mol. The Morgan fingerprint density at radius 3 is 3.00 bits per heavy atom. The molecule has 0 N–H and O–H groups in total. The van der Waals surface area contributed by atoms with E-state index in [2.05, 4.69) is 11.1 Å². The van der Waals surface area contributed by atoms with E-state index in [0.29, 0.717) is 11.3 Å². The Bertz CT molecular complexity index is 358. The molecule has 0 aliphatic rings. The van der Waals surface area contributed by atoms with Gasteiger partial charge in [0.15, 0.2) is 0 Å². The van der Waals surface area contributed by atoms with E-state index in [1.807, 2.05) is 6.92 Å². The average Bonchev–Trinajstić information content (AvgIpc) is 2.07. The summed E-state index contributed by atoms with van der Waals surface area (Å²) in [7, 11) is 0. The summed E-state index contributed by atoms with van der Waals surface area (Å²) in [5, 5.41) is 0. The Labute approximate surface area is 88.1 Å². The Morgan fingerprint density at radius 2 is 2.38 bits per heavy atom. The van der Waals surface area contributed by atoms with Crippen molar-refractivity contribution in [3.05, 3.63) is 29.6 Å². The second-order valence-corrected chi connectivity index (χ2v) is 5.01. The Balaban J connectivity index is 3.02. The van der Waals surface area contributed by atoms with E-state index in [1.165, 1.54) is 19.4 Å². The third kappa shape index (κ3) is 2.96. The van der Waals surface area contributed by atoms with Crippen LogP contribution in [0.1, 0.15) is 12.5 Å². The molecule has 1 aromatic carbocycles. The van der Waals surface area contributed by atoms with Gasteiger partial charge in [-0.3, -0.25) is 0 Å². The van der Waals surface area contributed by atoms with Crippen LogP contribution in [-0.4, -0.2) is 10.1 Å². The summed E-state index contributed by atoms with van der Waals surface area (Å²) in [6, 6.07) is 6.12. The number of halogens is 1. The summed E-state index contributed by atoms with van der Waals surface area (Å²) in [6.45, 7) is 3.67. The van der Waals surface area contributed by atoms with Crippen LogP contribution in [0.2, 0.25) is 0 Å². The average molecular weight is 346 g/mol. The van der Waals surface area contributed by atoms with Gasteiger partial charge in [-0.05, 0) is 0 Å². The zero-order valence-corrected chi connectivity index (χ0v) is 10.4. The van der Waals surface area contributed by atoms with E-state index >= 15 is 0 Å². The van der Waals surface area contributed by atoms with Crippen molar-refractivity contribution in [1.29, 1.82) is 0 Å². The van der Waals surface area contributed by atoms with Gasteiger partial charge in [0.2, 0.25) is 0 Å². The van der Waals surface area contributed by atoms with Crippen molar-refractivity contribution < 1.29 is 23.7 Å². The molecule has 0 bridgehead atoms. The van der Waals surface area contributed by atoms with Crippen LogP contribution in [-0.2, 0) is 19.4 Å². The zero-order chi connectivity index (χ0) is 9.84. The summed E-state index contributed by atoms with van der Waals surface area (Å²) in [5.74, 6) is -0.282. The van der Waals surface area contributed by atoms with E-state index < -0.39 is 0 Å². The van der Waals surface area contributed by atoms with Gasteiger partial charge in [-0.2, -0.15) is 0 Å². The van der Waals surface area contributed by atoms with Crippen molar-refractivity contribution in [3.63, 3.8) is 0 Å². The molecule has 68 valence electrons. The molecule has 0 saturated heterocycles. The molecule has 0 amide bonds. The Morgan fingerprint density at radius 1 is 1.69 bits per heavy atom. The Hall–Kier alpha value is -0.622. The maximum absolute atomic E-state index is 13.3. The summed E-state index contributed by atoms with van der Waals surface area (Å²) in [6.07, 6.45) is 1.67. The van der Waals surface area contributed by atoms with Crippen molar-refractivity contribution in [2.24, 2.45) is 4.99 Å². The van der Waals surface area contributed by atoms with Crippen LogP contribution < -0.4 is 0 Å². The van der Waals surface area contributed by atoms with Gasteiger partial charge in [0, 0.05) is 0 Å². The van der Waals surface area contributed by atoms with Crippen LogP contribution in [0, 0.1) is 18.8 Å². The summed E-state index contributed by atoms with van der Waals surface area (Å²) in [5.41, 5.74) is 0.896. The first kappa shape index (κ1) is 10.5. The quantitative estimate of drug-likeness (QED) is 0.576. The maximum atomic E-state index is 13.3. The molecule has 0 unspecified atom stereocenters. The normalized spacial score (nSPS) is 10.7. The van der Waals surface area contributed by atoms with Crippen molar-refractivity contribution in [2.75, 3.05) is 0 Å². The number of nitrogens with zero attached hydrogens (tertiary/aromatic N) is 1. The number of hydrogen-bond acceptors (Lipinski definition) is 1. The van der Waals surface area contributed by atoms with Gasteiger partial charge in [0.1, 0.15) is 0 Å². The van der Waals surface area contributed by atoms with Gasteiger partial charge in [-0.25, -0.2) is 0 Å². The van der Waals surface area contributed by atoms with Crippen LogP contribution in [0.5, 0.6) is 0 Å². The molecule has 13 heavy (non-hydrogen) atoms. The van der Waals surface area contributed by atoms with Crippen LogP contribution in [0.4, 0.5) is 10.1 Å². The van der Waals surface area contributed by atoms with Gasteiger partial charge in [0.05, 0.1) is 0 Å². The number of rotatable bonds is 2. The fourth-order valence-corrected chi connectivity index (χ4v) is 1.01. The summed E-state index contributed by atoms with van der Waals surface area (Å²) >= 11 is 1.34. The van der Waals surface area contributed by atoms with Crippen molar-refractivity contribution >= 4 is 15.8 Å². The molecular formula is C10H9FNW-. The molecule has 0 heterocycles. The van der Waals surface area contributed by atoms with Crippen molar-refractivity contribution in [2.45, 2.75) is 13.8 Å². The Kier molecular flexibility index (Phi) is 3.68. The van der Waals surface area contributed by atoms with Crippen molar-refractivity contribution in [1.82, 2.24) is 0 Å². The molecule has 0 atom stereocenters. The second kappa shape index (κ2) is 4.57. The third-order valence-electron chi connectivity index (χ3n) is 1.48. The van der Waals surface area contributed by atoms with E-state index in [-0.39, 0.29) is 5.82 Å². The molecule has 0 aliphatic heterocycles. The standard InChI is InChI=1S/C10H9FN.W/c1-3-7-12-9-6-4-5-8(2)10(9)11;/h4-5,7H,1-2H3;/q-1;. The number of hydrogen-bond donors (Lipinski definition) is 0. The van der Waals surface area contributed by atoms with Gasteiger partial charge in [-0.15, -0.1) is 0 Å². The first-order valence-corrected chi connectivity index (χ1v) is 5.29. The second-order valence-electron chi connectivity index (χ2n) is 2.69. The zero-order valence-electron chi connectivity index (χ0n) is 7.47. The molecule has 1 rings (SSSR count). The van der Waals surface area contributed by atoms with E-state index in [4.69, 9.17) is 0 Å². The van der Waals surface area contributed by atoms with Gasteiger partial charge in [-0.1, -0.05) is 0 Å². The van der Waals surface area contributed by atoms with E-state index in [1.54, 1.807) is 25.3 Å². The molecule has 1 nitrogen and oxygen atoms in total. The van der Waals surface area contributed by atoms with E-state index in [0.717, 1.165) is 3.90 Å². The van der Waals surface area contributed by atoms with Gasteiger partial charge in [0.25, 0.3) is 0 Å². The van der Waals surface area contributed by atoms with Crippen LogP contribution in [0.25, 0.3) is 0 Å². The fourth-order valence-electron chi connectivity index (χ4n) is 0.818. The van der Waals surface area contributed by atoms with Crippen molar-refractivity contribution in [3.8, 4) is 0 Å². The van der Waals surface area contributed by atoms with Crippen LogP contribution in [0.15, 0.2) is 17.1 Å². The molecule has 0 saturated carbocycles. The van der Waals surface area contributed by atoms with Gasteiger partial charge >= 0.3 is 88.0 Å². The molecule has 0 radical (unpaired) electrons. The molecular weight excluding hydrogens is 337 g/mol. The molecule has 0 spiro atoms. The summed E-state index contributed by atoms with van der Waals surface area (Å²) in [4.78, 5) is 3.99. The van der Waals surface area contributed by atoms with Crippen LogP contribution >= 0.6 is 0 Å². The van der Waals surface area contributed by atoms with E-state index in [9.17, 15) is 4.39 Å². The minimum absolute atomic E-state index is 0.282. The SMILES string of the molecule is C[C](=[W])C=Nc1[c-]ccc(C)c1F. The minimum atomic E-state index is -0.282. The number of benzene rings is 1. The third-order valence-corrected chi connectivity index (χ3v) is 1.86. The molecule has 1 aromatic rings. The molecule has 0 aromatic heterocycles. The number of aryl methyl sites for hydroxylation is 1. The van der Waals surface area contributed by atoms with Crippen LogP contribution in [0.3, 0.4) is 0 Å². The first-order valence-electron chi connectivity index (χ1n) is 3.82. The summed E-state index contributed by atoms with van der Waals surface area (Å²) < 4.78 is 14.4. The first-order chi connectivity index (χ1) is 6.11. The molecule has 3 heteroatoms. The monoisotopic (exact) mass is 346 g/mol.